The van der Waals surface area contributed by atoms with Crippen LogP contribution in [0.3, 0.4) is 0 Å². The molecule has 3 saturated heterocycles. The fourth-order valence-electron chi connectivity index (χ4n) is 9.37. The highest BCUT2D eigenvalue weighted by molar-refractivity contribution is 6.23. The molecule has 8 rings (SSSR count). The van der Waals surface area contributed by atoms with Crippen LogP contribution in [0.5, 0.6) is 11.5 Å². The highest BCUT2D eigenvalue weighted by Gasteiger charge is 2.45. The van der Waals surface area contributed by atoms with Gasteiger partial charge in [0.2, 0.25) is 11.8 Å². The number of urea groups is 1. The molecule has 2 N–H and O–H groups in total. The van der Waals surface area contributed by atoms with E-state index in [0.29, 0.717) is 35.7 Å². The van der Waals surface area contributed by atoms with Crippen LogP contribution in [0.4, 0.5) is 10.5 Å². The third-order valence-corrected chi connectivity index (χ3v) is 12.8. The summed E-state index contributed by atoms with van der Waals surface area (Å²) >= 11 is 0. The largest absolute Gasteiger partial charge is 0.496 e. The van der Waals surface area contributed by atoms with E-state index < -0.39 is 29.7 Å². The van der Waals surface area contributed by atoms with Crippen molar-refractivity contribution in [2.75, 3.05) is 72.0 Å². The Balaban J connectivity index is 0.837. The van der Waals surface area contributed by atoms with Gasteiger partial charge in [0, 0.05) is 82.8 Å². The zero-order valence-electron chi connectivity index (χ0n) is 34.2. The SMILES string of the molecule is CNC(=O)N1Cc2c(-c3cc(OC)c(CN4CCC(CCN5CCN(c6ccc7c(c6)C(=O)N(C6CCC(=O)NC6=O)C7=O)CC5)CC4)c(OC)c3)cn(C)c(=O)c2C1. The highest BCUT2D eigenvalue weighted by atomic mass is 16.5. The molecule has 59 heavy (non-hydrogen) atoms. The number of methoxy groups -OCH3 is 2. The van der Waals surface area contributed by atoms with Crippen molar-refractivity contribution in [3.05, 3.63) is 74.7 Å². The van der Waals surface area contributed by atoms with Crippen LogP contribution in [-0.2, 0) is 36.3 Å². The van der Waals surface area contributed by atoms with Gasteiger partial charge in [0.1, 0.15) is 17.5 Å². The Kier molecular flexibility index (Phi) is 11.2. The lowest BCUT2D eigenvalue weighted by Gasteiger charge is -2.38. The summed E-state index contributed by atoms with van der Waals surface area (Å²) in [5.74, 6) is 0.0941. The molecule has 5 aliphatic rings. The Bertz CT molecular complexity index is 2230. The number of hydrogen-bond acceptors (Lipinski definition) is 11. The van der Waals surface area contributed by atoms with E-state index in [0.717, 1.165) is 109 Å². The number of piperidine rings is 2. The van der Waals surface area contributed by atoms with Gasteiger partial charge in [0.25, 0.3) is 17.4 Å². The number of pyridine rings is 1. The molecular formula is C43H52N8O8. The predicted octanol–water partition coefficient (Wildman–Crippen LogP) is 2.55. The summed E-state index contributed by atoms with van der Waals surface area (Å²) in [5.41, 5.74) is 5.56. The Morgan fingerprint density at radius 3 is 2.15 bits per heavy atom. The van der Waals surface area contributed by atoms with Gasteiger partial charge in [0.05, 0.1) is 37.5 Å². The van der Waals surface area contributed by atoms with E-state index in [1.54, 1.807) is 49.9 Å². The topological polar surface area (TPSA) is 166 Å². The molecule has 1 atom stereocenters. The molecule has 16 heteroatoms. The van der Waals surface area contributed by atoms with E-state index in [2.05, 4.69) is 25.3 Å². The van der Waals surface area contributed by atoms with E-state index in [-0.39, 0.29) is 31.0 Å². The maximum absolute atomic E-state index is 13.3. The number of rotatable bonds is 10. The summed E-state index contributed by atoms with van der Waals surface area (Å²) in [6.45, 7) is 7.66. The molecule has 3 aromatic rings. The first kappa shape index (κ1) is 40.1. The smallest absolute Gasteiger partial charge is 0.317 e. The second kappa shape index (κ2) is 16.5. The highest BCUT2D eigenvalue weighted by Crippen LogP contribution is 2.40. The molecule has 1 aromatic heterocycles. The number of fused-ring (bicyclic) bond motifs is 2. The van der Waals surface area contributed by atoms with Crippen LogP contribution < -0.4 is 30.6 Å². The first-order chi connectivity index (χ1) is 28.5. The number of nitrogens with zero attached hydrogens (tertiary/aromatic N) is 6. The number of ether oxygens (including phenoxy) is 2. The number of piperazine rings is 1. The Labute approximate surface area is 343 Å². The van der Waals surface area contributed by atoms with Crippen LogP contribution in [0.15, 0.2) is 41.3 Å². The van der Waals surface area contributed by atoms with Gasteiger partial charge in [-0.15, -0.1) is 0 Å². The van der Waals surface area contributed by atoms with Crippen molar-refractivity contribution in [3.63, 3.8) is 0 Å². The van der Waals surface area contributed by atoms with Crippen LogP contribution >= 0.6 is 0 Å². The fourth-order valence-corrected chi connectivity index (χ4v) is 9.37. The van der Waals surface area contributed by atoms with Crippen LogP contribution in [0.2, 0.25) is 0 Å². The number of likely N-dealkylation sites (tertiary alicyclic amines) is 1. The molecule has 5 aliphatic heterocycles. The number of aromatic nitrogens is 1. The van der Waals surface area contributed by atoms with Gasteiger partial charge in [-0.3, -0.25) is 44.0 Å². The summed E-state index contributed by atoms with van der Waals surface area (Å²) in [5, 5.41) is 4.91. The molecule has 0 radical (unpaired) electrons. The monoisotopic (exact) mass is 808 g/mol. The van der Waals surface area contributed by atoms with E-state index in [9.17, 15) is 28.8 Å². The number of imide groups is 2. The second-order valence-electron chi connectivity index (χ2n) is 16.2. The number of carbonyl (C=O) groups is 5. The maximum atomic E-state index is 13.3. The summed E-state index contributed by atoms with van der Waals surface area (Å²) in [4.78, 5) is 85.9. The second-order valence-corrected chi connectivity index (χ2v) is 16.2. The summed E-state index contributed by atoms with van der Waals surface area (Å²) in [6, 6.07) is 8.15. The van der Waals surface area contributed by atoms with Crippen molar-refractivity contribution in [1.82, 2.24) is 34.8 Å². The molecule has 0 saturated carbocycles. The maximum Gasteiger partial charge on any atom is 0.317 e. The van der Waals surface area contributed by atoms with Crippen molar-refractivity contribution in [1.29, 1.82) is 0 Å². The summed E-state index contributed by atoms with van der Waals surface area (Å²) in [7, 11) is 6.66. The molecule has 3 fully saturated rings. The summed E-state index contributed by atoms with van der Waals surface area (Å²) in [6.07, 6.45) is 5.39. The number of aryl methyl sites for hydroxylation is 1. The molecule has 6 amide bonds. The van der Waals surface area contributed by atoms with Gasteiger partial charge in [0.15, 0.2) is 0 Å². The van der Waals surface area contributed by atoms with Crippen molar-refractivity contribution < 1.29 is 33.4 Å². The van der Waals surface area contributed by atoms with Crippen LogP contribution in [-0.4, -0.2) is 127 Å². The van der Waals surface area contributed by atoms with Crippen molar-refractivity contribution >= 4 is 35.3 Å². The van der Waals surface area contributed by atoms with Gasteiger partial charge < -0.3 is 29.2 Å². The van der Waals surface area contributed by atoms with Crippen molar-refractivity contribution in [3.8, 4) is 22.6 Å². The number of hydrogen-bond donors (Lipinski definition) is 2. The van der Waals surface area contributed by atoms with Gasteiger partial charge in [-0.25, -0.2) is 4.79 Å². The van der Waals surface area contributed by atoms with E-state index in [1.807, 2.05) is 24.4 Å². The first-order valence-electron chi connectivity index (χ1n) is 20.5. The molecule has 0 bridgehead atoms. The molecule has 6 heterocycles. The molecule has 0 aliphatic carbocycles. The molecular weight excluding hydrogens is 757 g/mol. The molecule has 0 spiro atoms. The standard InChI is InChI=1S/C43H52N8O8/c1-44-43(57)50-24-32-31(22-46(2)40(54)33(32)25-50)27-19-36(58-3)34(37(20-27)59-4)23-48-13-10-26(11-14-48)9-12-47-15-17-49(18-16-47)28-5-6-29-30(21-28)42(56)51(41(29)55)35-7-8-38(52)45-39(35)53/h5-6,19-22,26,35H,7-18,23-25H2,1-4H3,(H,44,57)(H,45,52,53). The van der Waals surface area contributed by atoms with Gasteiger partial charge in [-0.2, -0.15) is 0 Å². The number of benzene rings is 2. The molecule has 1 unspecified atom stereocenters. The van der Waals surface area contributed by atoms with E-state index >= 15 is 0 Å². The third-order valence-electron chi connectivity index (χ3n) is 12.8. The minimum absolute atomic E-state index is 0.0904. The number of nitrogens with one attached hydrogen (secondary N) is 2. The van der Waals surface area contributed by atoms with Gasteiger partial charge in [-0.1, -0.05) is 0 Å². The van der Waals surface area contributed by atoms with Crippen LogP contribution in [0.1, 0.15) is 69.5 Å². The lowest BCUT2D eigenvalue weighted by atomic mass is 9.92. The lowest BCUT2D eigenvalue weighted by molar-refractivity contribution is -0.136. The van der Waals surface area contributed by atoms with Crippen molar-refractivity contribution in [2.45, 2.75) is 57.8 Å². The Morgan fingerprint density at radius 1 is 0.814 bits per heavy atom. The zero-order valence-corrected chi connectivity index (χ0v) is 34.2. The average molecular weight is 809 g/mol. The zero-order chi connectivity index (χ0) is 41.5. The van der Waals surface area contributed by atoms with E-state index in [4.69, 9.17) is 9.47 Å². The van der Waals surface area contributed by atoms with Crippen LogP contribution in [0.25, 0.3) is 11.1 Å². The third kappa shape index (κ3) is 7.66. The number of anilines is 1. The lowest BCUT2D eigenvalue weighted by Crippen LogP contribution is -2.54. The van der Waals surface area contributed by atoms with Gasteiger partial charge >= 0.3 is 6.03 Å². The molecule has 2 aromatic carbocycles. The number of carbonyl (C=O) groups excluding carboxylic acids is 5. The quantitative estimate of drug-likeness (QED) is 0.289. The first-order valence-corrected chi connectivity index (χ1v) is 20.5. The normalized spacial score (nSPS) is 20.2. The van der Waals surface area contributed by atoms with Gasteiger partial charge in [-0.05, 0) is 92.7 Å². The minimum Gasteiger partial charge on any atom is -0.496 e. The minimum atomic E-state index is -0.975. The average Bonchev–Trinajstić information content (AvgIpc) is 3.80. The Hall–Kier alpha value is -5.74. The van der Waals surface area contributed by atoms with E-state index in [1.165, 1.54) is 0 Å². The number of amides is 6. The van der Waals surface area contributed by atoms with Crippen molar-refractivity contribution in [2.24, 2.45) is 13.0 Å². The Morgan fingerprint density at radius 2 is 1.49 bits per heavy atom. The molecule has 16 nitrogen and oxygen atoms in total. The summed E-state index contributed by atoms with van der Waals surface area (Å²) < 4.78 is 13.5. The predicted molar refractivity (Wildman–Crippen MR) is 218 cm³/mol. The fraction of sp³-hybridized carbons (Fsp3) is 0.488. The van der Waals surface area contributed by atoms with Crippen LogP contribution in [0, 0.1) is 5.92 Å². The molecule has 312 valence electrons.